The Balaban J connectivity index is 1.49. The van der Waals surface area contributed by atoms with Crippen molar-refractivity contribution in [2.45, 2.75) is 31.9 Å². The highest BCUT2D eigenvalue weighted by Crippen LogP contribution is 2.23. The van der Waals surface area contributed by atoms with Crippen LogP contribution in [0.1, 0.15) is 17.5 Å². The van der Waals surface area contributed by atoms with Crippen LogP contribution in [0.25, 0.3) is 0 Å². The maximum Gasteiger partial charge on any atom is 0.573 e. The molecule has 0 radical (unpaired) electrons. The minimum absolute atomic E-state index is 0.00692. The van der Waals surface area contributed by atoms with Gasteiger partial charge in [-0.15, -0.1) is 13.2 Å². The van der Waals surface area contributed by atoms with Gasteiger partial charge in [-0.3, -0.25) is 4.79 Å². The molecule has 0 aliphatic carbocycles. The average Bonchev–Trinajstić information content (AvgIpc) is 3.07. The lowest BCUT2D eigenvalue weighted by atomic mass is 10.0. The van der Waals surface area contributed by atoms with Crippen molar-refractivity contribution < 1.29 is 31.9 Å². The molecule has 148 valence electrons. The molecule has 0 spiro atoms. The fraction of sp³-hybridized carbons (Fsp3) is 0.263. The Kier molecular flexibility index (Phi) is 5.81. The van der Waals surface area contributed by atoms with Gasteiger partial charge in [0.1, 0.15) is 11.6 Å². The van der Waals surface area contributed by atoms with E-state index in [1.54, 1.807) is 18.2 Å². The quantitative estimate of drug-likeness (QED) is 0.757. The van der Waals surface area contributed by atoms with E-state index in [0.29, 0.717) is 23.3 Å². The van der Waals surface area contributed by atoms with Gasteiger partial charge in [0.15, 0.2) is 0 Å². The summed E-state index contributed by atoms with van der Waals surface area (Å²) in [5, 5.41) is 6.45. The highest BCUT2D eigenvalue weighted by atomic mass is 19.4. The first-order chi connectivity index (χ1) is 13.3. The number of benzene rings is 2. The lowest BCUT2D eigenvalue weighted by molar-refractivity contribution is -0.274. The van der Waals surface area contributed by atoms with E-state index in [1.165, 1.54) is 30.3 Å². The molecule has 1 aliphatic heterocycles. The number of carbonyl (C=O) groups excluding carboxylic acids is 1. The molecule has 3 rings (SSSR count). The van der Waals surface area contributed by atoms with E-state index in [2.05, 4.69) is 15.2 Å². The molecule has 1 N–H and O–H groups in total. The van der Waals surface area contributed by atoms with Crippen LogP contribution < -0.4 is 10.1 Å². The molecule has 0 bridgehead atoms. The Morgan fingerprint density at radius 1 is 1.18 bits per heavy atom. The molecule has 28 heavy (non-hydrogen) atoms. The Bertz CT molecular complexity index is 883. The van der Waals surface area contributed by atoms with E-state index in [9.17, 15) is 22.4 Å². The molecule has 0 aromatic heterocycles. The standard InChI is InChI=1S/C19H16F4N2O3/c20-14-5-1-3-12(7-14)8-15-10-17(28-25-15)18(26)24-11-13-4-2-6-16(9-13)27-19(21,22)23/h1-7,9,17H,8,10-11H2,(H,24,26)/t17-/m0/s1. The zero-order valence-corrected chi connectivity index (χ0v) is 14.5. The van der Waals surface area contributed by atoms with Gasteiger partial charge in [0.25, 0.3) is 5.91 Å². The van der Waals surface area contributed by atoms with Crippen LogP contribution in [-0.4, -0.2) is 24.1 Å². The molecule has 0 unspecified atom stereocenters. The maximum absolute atomic E-state index is 13.2. The minimum Gasteiger partial charge on any atom is -0.406 e. The van der Waals surface area contributed by atoms with Crippen LogP contribution in [0.5, 0.6) is 5.75 Å². The summed E-state index contributed by atoms with van der Waals surface area (Å²) in [6, 6.07) is 11.4. The van der Waals surface area contributed by atoms with Crippen LogP contribution in [0, 0.1) is 5.82 Å². The van der Waals surface area contributed by atoms with Crippen LogP contribution in [0.4, 0.5) is 17.6 Å². The van der Waals surface area contributed by atoms with E-state index in [0.717, 1.165) is 0 Å². The van der Waals surface area contributed by atoms with E-state index >= 15 is 0 Å². The Labute approximate surface area is 157 Å². The van der Waals surface area contributed by atoms with Crippen molar-refractivity contribution in [1.29, 1.82) is 0 Å². The Morgan fingerprint density at radius 3 is 2.68 bits per heavy atom. The van der Waals surface area contributed by atoms with Crippen molar-refractivity contribution in [3.63, 3.8) is 0 Å². The van der Waals surface area contributed by atoms with Crippen LogP contribution in [0.15, 0.2) is 53.7 Å². The predicted octanol–water partition coefficient (Wildman–Crippen LogP) is 3.73. The second-order valence-corrected chi connectivity index (χ2v) is 6.18. The number of amides is 1. The molecule has 0 fully saturated rings. The minimum atomic E-state index is -4.78. The molecule has 5 nitrogen and oxygen atoms in total. The number of ether oxygens (including phenoxy) is 1. The summed E-state index contributed by atoms with van der Waals surface area (Å²) in [6.07, 6.45) is -5.01. The number of carbonyl (C=O) groups is 1. The summed E-state index contributed by atoms with van der Waals surface area (Å²) in [7, 11) is 0. The van der Waals surface area contributed by atoms with Gasteiger partial charge in [-0.1, -0.05) is 29.4 Å². The number of hydrogen-bond acceptors (Lipinski definition) is 4. The number of hydrogen-bond donors (Lipinski definition) is 1. The van der Waals surface area contributed by atoms with Crippen LogP contribution in [0.3, 0.4) is 0 Å². The number of halogens is 4. The van der Waals surface area contributed by atoms with E-state index in [4.69, 9.17) is 4.84 Å². The van der Waals surface area contributed by atoms with Gasteiger partial charge < -0.3 is 14.9 Å². The molecular weight excluding hydrogens is 380 g/mol. The molecule has 1 aliphatic rings. The van der Waals surface area contributed by atoms with Crippen molar-refractivity contribution in [3.05, 3.63) is 65.5 Å². The largest absolute Gasteiger partial charge is 0.573 e. The third-order valence-electron chi connectivity index (χ3n) is 3.92. The highest BCUT2D eigenvalue weighted by Gasteiger charge is 2.31. The summed E-state index contributed by atoms with van der Waals surface area (Å²) >= 11 is 0. The normalized spacial score (nSPS) is 16.3. The second kappa shape index (κ2) is 8.28. The Hall–Kier alpha value is -3.10. The average molecular weight is 396 g/mol. The van der Waals surface area contributed by atoms with Crippen LogP contribution in [0.2, 0.25) is 0 Å². The predicted molar refractivity (Wildman–Crippen MR) is 92.0 cm³/mol. The molecule has 0 saturated carbocycles. The van der Waals surface area contributed by atoms with Crippen LogP contribution >= 0.6 is 0 Å². The van der Waals surface area contributed by atoms with Gasteiger partial charge in [0.2, 0.25) is 6.10 Å². The van der Waals surface area contributed by atoms with Crippen molar-refractivity contribution in [2.24, 2.45) is 5.16 Å². The van der Waals surface area contributed by atoms with Gasteiger partial charge >= 0.3 is 6.36 Å². The molecule has 1 amide bonds. The van der Waals surface area contributed by atoms with Crippen molar-refractivity contribution >= 4 is 11.6 Å². The van der Waals surface area contributed by atoms with Crippen molar-refractivity contribution in [2.75, 3.05) is 0 Å². The number of oxime groups is 1. The fourth-order valence-electron chi connectivity index (χ4n) is 2.71. The third kappa shape index (κ3) is 5.70. The van der Waals surface area contributed by atoms with Gasteiger partial charge in [-0.25, -0.2) is 4.39 Å². The van der Waals surface area contributed by atoms with Gasteiger partial charge in [0, 0.05) is 19.4 Å². The molecule has 2 aromatic carbocycles. The van der Waals surface area contributed by atoms with E-state index in [1.807, 2.05) is 0 Å². The number of nitrogens with one attached hydrogen (secondary N) is 1. The molecule has 1 heterocycles. The number of rotatable bonds is 6. The summed E-state index contributed by atoms with van der Waals surface area (Å²) in [5.74, 6) is -1.17. The lowest BCUT2D eigenvalue weighted by Gasteiger charge is -2.12. The fourth-order valence-corrected chi connectivity index (χ4v) is 2.71. The molecule has 2 aromatic rings. The summed E-state index contributed by atoms with van der Waals surface area (Å²) in [4.78, 5) is 17.3. The summed E-state index contributed by atoms with van der Waals surface area (Å²) < 4.78 is 53.9. The van der Waals surface area contributed by atoms with Crippen LogP contribution in [-0.2, 0) is 22.6 Å². The first-order valence-corrected chi connectivity index (χ1v) is 8.37. The maximum atomic E-state index is 13.2. The van der Waals surface area contributed by atoms with E-state index in [-0.39, 0.29) is 24.5 Å². The van der Waals surface area contributed by atoms with Crippen molar-refractivity contribution in [1.82, 2.24) is 5.32 Å². The molecule has 0 saturated heterocycles. The third-order valence-corrected chi connectivity index (χ3v) is 3.92. The zero-order valence-electron chi connectivity index (χ0n) is 14.5. The Morgan fingerprint density at radius 2 is 1.93 bits per heavy atom. The van der Waals surface area contributed by atoms with E-state index < -0.39 is 18.4 Å². The molecule has 9 heteroatoms. The lowest BCUT2D eigenvalue weighted by Crippen LogP contribution is -2.34. The highest BCUT2D eigenvalue weighted by molar-refractivity contribution is 5.93. The van der Waals surface area contributed by atoms with Gasteiger partial charge in [-0.05, 0) is 35.4 Å². The smallest absolute Gasteiger partial charge is 0.406 e. The summed E-state index contributed by atoms with van der Waals surface area (Å²) in [6.45, 7) is 0.00692. The summed E-state index contributed by atoms with van der Waals surface area (Å²) in [5.41, 5.74) is 1.75. The zero-order chi connectivity index (χ0) is 20.1. The SMILES string of the molecule is O=C(NCc1cccc(OC(F)(F)F)c1)[C@@H]1CC(Cc2cccc(F)c2)=NO1. The monoisotopic (exact) mass is 396 g/mol. The van der Waals surface area contributed by atoms with Crippen molar-refractivity contribution in [3.8, 4) is 5.75 Å². The molecular formula is C19H16F4N2O3. The first-order valence-electron chi connectivity index (χ1n) is 8.37. The number of nitrogens with zero attached hydrogens (tertiary/aromatic N) is 1. The second-order valence-electron chi connectivity index (χ2n) is 6.18. The van der Waals surface area contributed by atoms with Gasteiger partial charge in [0.05, 0.1) is 5.71 Å². The topological polar surface area (TPSA) is 59.9 Å². The van der Waals surface area contributed by atoms with Gasteiger partial charge in [-0.2, -0.15) is 0 Å². The number of alkyl halides is 3. The molecule has 1 atom stereocenters. The first kappa shape index (κ1) is 19.7.